The Morgan fingerprint density at radius 1 is 1.33 bits per heavy atom. The average Bonchev–Trinajstić information content (AvgIpc) is 2.81. The van der Waals surface area contributed by atoms with Gasteiger partial charge in [0, 0.05) is 13.5 Å². The fraction of sp³-hybridized carbons (Fsp3) is 0.588. The number of halogens is 2. The predicted molar refractivity (Wildman–Crippen MR) is 85.7 cm³/mol. The zero-order valence-electron chi connectivity index (χ0n) is 13.6. The van der Waals surface area contributed by atoms with Crippen molar-refractivity contribution in [3.8, 4) is 0 Å². The lowest BCUT2D eigenvalue weighted by Gasteiger charge is -2.33. The molecule has 4 atom stereocenters. The van der Waals surface area contributed by atoms with Crippen LogP contribution < -0.4 is 10.6 Å². The van der Waals surface area contributed by atoms with Crippen LogP contribution in [0, 0.1) is 0 Å². The molecule has 1 saturated heterocycles. The minimum absolute atomic E-state index is 0.167. The molecule has 1 aromatic carbocycles. The lowest BCUT2D eigenvalue weighted by molar-refractivity contribution is -0.123. The fourth-order valence-electron chi connectivity index (χ4n) is 3.33. The minimum atomic E-state index is -2.82. The summed E-state index contributed by atoms with van der Waals surface area (Å²) < 4.78 is 26.2. The van der Waals surface area contributed by atoms with Crippen LogP contribution in [0.15, 0.2) is 30.3 Å². The van der Waals surface area contributed by atoms with Gasteiger partial charge in [-0.25, -0.2) is 8.78 Å². The number of hydrogen-bond acceptors (Lipinski definition) is 4. The largest absolute Gasteiger partial charge is 0.388 e. The topological polar surface area (TPSA) is 81.6 Å². The molecule has 0 saturated carbocycles. The third kappa shape index (κ3) is 4.09. The maximum atomic E-state index is 13.1. The Balaban J connectivity index is 2.10. The smallest absolute Gasteiger partial charge is 0.256 e. The van der Waals surface area contributed by atoms with Crippen LogP contribution in [0.5, 0.6) is 0 Å². The molecule has 5 nitrogen and oxygen atoms in total. The number of rotatable bonds is 7. The van der Waals surface area contributed by atoms with Crippen LogP contribution >= 0.6 is 0 Å². The third-order valence-electron chi connectivity index (χ3n) is 4.67. The highest BCUT2D eigenvalue weighted by atomic mass is 19.3. The molecule has 2 rings (SSSR count). The molecule has 1 aromatic rings. The Morgan fingerprint density at radius 2 is 2.00 bits per heavy atom. The van der Waals surface area contributed by atoms with Crippen molar-refractivity contribution in [3.63, 3.8) is 0 Å². The van der Waals surface area contributed by atoms with Gasteiger partial charge in [-0.2, -0.15) is 0 Å². The molecule has 0 unspecified atom stereocenters. The average molecular weight is 342 g/mol. The second-order valence-electron chi connectivity index (χ2n) is 6.29. The lowest BCUT2D eigenvalue weighted by atomic mass is 9.83. The van der Waals surface area contributed by atoms with Gasteiger partial charge in [0.15, 0.2) is 0 Å². The van der Waals surface area contributed by atoms with Crippen molar-refractivity contribution in [2.75, 3.05) is 7.05 Å². The quantitative estimate of drug-likeness (QED) is 0.592. The van der Waals surface area contributed by atoms with Crippen molar-refractivity contribution >= 4 is 5.91 Å². The zero-order chi connectivity index (χ0) is 17.7. The molecule has 7 heteroatoms. The molecule has 134 valence electrons. The van der Waals surface area contributed by atoms with Gasteiger partial charge in [-0.1, -0.05) is 30.3 Å². The van der Waals surface area contributed by atoms with Crippen LogP contribution in [0.4, 0.5) is 8.78 Å². The highest BCUT2D eigenvalue weighted by Crippen LogP contribution is 2.34. The number of hydrogen-bond donors (Lipinski definition) is 4. The van der Waals surface area contributed by atoms with Gasteiger partial charge < -0.3 is 15.5 Å². The molecular formula is C17H24F2N2O3. The standard InChI is InChI=1S/C17H24F2N2O3/c1-20-12(22)10-17(9-5-8-11-6-3-2-4-7-11)15(24)14(23)13(21-17)16(18)19/h2-4,6-7,13-16,21,23-24H,5,8-10H2,1H3,(H,20,22)/t13-,14+,15-,17+/m0/s1. The molecule has 1 amide bonds. The molecule has 0 aromatic heterocycles. The molecule has 1 aliphatic rings. The van der Waals surface area contributed by atoms with E-state index in [0.717, 1.165) is 5.56 Å². The van der Waals surface area contributed by atoms with Gasteiger partial charge in [0.1, 0.15) is 12.2 Å². The number of carbonyl (C=O) groups excluding carboxylic acids is 1. The van der Waals surface area contributed by atoms with Crippen molar-refractivity contribution in [1.82, 2.24) is 10.6 Å². The summed E-state index contributed by atoms with van der Waals surface area (Å²) in [7, 11) is 1.45. The first-order valence-electron chi connectivity index (χ1n) is 8.06. The van der Waals surface area contributed by atoms with E-state index in [2.05, 4.69) is 10.6 Å². The summed E-state index contributed by atoms with van der Waals surface area (Å²) in [5, 5.41) is 25.4. The van der Waals surface area contributed by atoms with Gasteiger partial charge in [0.05, 0.1) is 11.6 Å². The maximum Gasteiger partial charge on any atom is 0.256 e. The first-order chi connectivity index (χ1) is 11.4. The van der Waals surface area contributed by atoms with Crippen molar-refractivity contribution in [3.05, 3.63) is 35.9 Å². The van der Waals surface area contributed by atoms with Gasteiger partial charge in [0.25, 0.3) is 6.43 Å². The second kappa shape index (κ2) is 8.00. The minimum Gasteiger partial charge on any atom is -0.388 e. The molecule has 1 aliphatic heterocycles. The molecule has 0 radical (unpaired) electrons. The van der Waals surface area contributed by atoms with Gasteiger partial charge in [-0.15, -0.1) is 0 Å². The fourth-order valence-corrected chi connectivity index (χ4v) is 3.33. The SMILES string of the molecule is CNC(=O)C[C@@]1(CCCc2ccccc2)N[C@H](C(F)F)[C@@H](O)[C@@H]1O. The van der Waals surface area contributed by atoms with Crippen LogP contribution in [0.1, 0.15) is 24.8 Å². The van der Waals surface area contributed by atoms with Crippen LogP contribution in [0.3, 0.4) is 0 Å². The van der Waals surface area contributed by atoms with Gasteiger partial charge in [-0.05, 0) is 24.8 Å². The molecule has 1 heterocycles. The molecule has 4 N–H and O–H groups in total. The summed E-state index contributed by atoms with van der Waals surface area (Å²) >= 11 is 0. The first-order valence-corrected chi connectivity index (χ1v) is 8.06. The number of nitrogens with one attached hydrogen (secondary N) is 2. The van der Waals surface area contributed by atoms with Crippen molar-refractivity contribution in [1.29, 1.82) is 0 Å². The number of aliphatic hydroxyl groups excluding tert-OH is 2. The van der Waals surface area contributed by atoms with Gasteiger partial charge >= 0.3 is 0 Å². The summed E-state index contributed by atoms with van der Waals surface area (Å²) in [6, 6.07) is 8.11. The molecule has 0 spiro atoms. The van der Waals surface area contributed by atoms with Crippen LogP contribution in [-0.2, 0) is 11.2 Å². The number of aliphatic hydroxyl groups is 2. The Hall–Kier alpha value is -1.57. The van der Waals surface area contributed by atoms with E-state index in [1.54, 1.807) is 0 Å². The molecule has 0 bridgehead atoms. The number of alkyl halides is 2. The number of aryl methyl sites for hydroxylation is 1. The summed E-state index contributed by atoms with van der Waals surface area (Å²) in [5.41, 5.74) is -0.166. The van der Waals surface area contributed by atoms with E-state index in [1.165, 1.54) is 7.05 Å². The lowest BCUT2D eigenvalue weighted by Crippen LogP contribution is -2.53. The van der Waals surface area contributed by atoms with E-state index in [1.807, 2.05) is 30.3 Å². The van der Waals surface area contributed by atoms with E-state index < -0.39 is 30.2 Å². The summed E-state index contributed by atoms with van der Waals surface area (Å²) in [5.74, 6) is -0.372. The normalized spacial score (nSPS) is 29.8. The highest BCUT2D eigenvalue weighted by molar-refractivity contribution is 5.77. The van der Waals surface area contributed by atoms with E-state index in [4.69, 9.17) is 0 Å². The Morgan fingerprint density at radius 3 is 2.54 bits per heavy atom. The number of carbonyl (C=O) groups is 1. The third-order valence-corrected chi connectivity index (χ3v) is 4.67. The van der Waals surface area contributed by atoms with Crippen molar-refractivity contribution in [2.24, 2.45) is 0 Å². The van der Waals surface area contributed by atoms with E-state index in [0.29, 0.717) is 19.3 Å². The van der Waals surface area contributed by atoms with Gasteiger partial charge in [-0.3, -0.25) is 10.1 Å². The second-order valence-corrected chi connectivity index (χ2v) is 6.29. The predicted octanol–water partition coefficient (Wildman–Crippen LogP) is 0.843. The Bertz CT molecular complexity index is 544. The van der Waals surface area contributed by atoms with Crippen LogP contribution in [0.25, 0.3) is 0 Å². The van der Waals surface area contributed by atoms with Crippen LogP contribution in [0.2, 0.25) is 0 Å². The highest BCUT2D eigenvalue weighted by Gasteiger charge is 2.55. The summed E-state index contributed by atoms with van der Waals surface area (Å²) in [6.07, 6.45) is -4.43. The van der Waals surface area contributed by atoms with Crippen molar-refractivity contribution in [2.45, 2.75) is 55.9 Å². The van der Waals surface area contributed by atoms with E-state index in [9.17, 15) is 23.8 Å². The Kier molecular flexibility index (Phi) is 6.26. The van der Waals surface area contributed by atoms with E-state index >= 15 is 0 Å². The molecule has 0 aliphatic carbocycles. The summed E-state index contributed by atoms with van der Waals surface area (Å²) in [6.45, 7) is 0. The summed E-state index contributed by atoms with van der Waals surface area (Å²) in [4.78, 5) is 11.8. The molecule has 24 heavy (non-hydrogen) atoms. The molecule has 1 fully saturated rings. The monoisotopic (exact) mass is 342 g/mol. The Labute approximate surface area is 140 Å². The van der Waals surface area contributed by atoms with Crippen LogP contribution in [-0.4, -0.2) is 53.4 Å². The number of benzene rings is 1. The van der Waals surface area contributed by atoms with Crippen molar-refractivity contribution < 1.29 is 23.8 Å². The molecular weight excluding hydrogens is 318 g/mol. The van der Waals surface area contributed by atoms with E-state index in [-0.39, 0.29) is 12.3 Å². The van der Waals surface area contributed by atoms with Gasteiger partial charge in [0.2, 0.25) is 5.91 Å². The maximum absolute atomic E-state index is 13.1. The first kappa shape index (κ1) is 18.8. The number of amides is 1. The zero-order valence-corrected chi connectivity index (χ0v) is 13.6.